The lowest BCUT2D eigenvalue weighted by Crippen LogP contribution is -2.18. The predicted molar refractivity (Wildman–Crippen MR) is 63.7 cm³/mol. The lowest BCUT2D eigenvalue weighted by molar-refractivity contribution is 0.558. The Hall–Kier alpha value is -1.81. The minimum Gasteiger partial charge on any atom is -0.305 e. The van der Waals surface area contributed by atoms with Crippen LogP contribution in [0.3, 0.4) is 0 Å². The van der Waals surface area contributed by atoms with Gasteiger partial charge >= 0.3 is 0 Å². The minimum absolute atomic E-state index is 0.0766. The molecule has 0 aliphatic carbocycles. The Labute approximate surface area is 99.7 Å². The van der Waals surface area contributed by atoms with E-state index >= 15 is 0 Å². The summed E-state index contributed by atoms with van der Waals surface area (Å²) in [5, 5.41) is 3.27. The van der Waals surface area contributed by atoms with Gasteiger partial charge in [-0.3, -0.25) is 9.97 Å². The van der Waals surface area contributed by atoms with Crippen molar-refractivity contribution in [3.8, 4) is 0 Å². The highest BCUT2D eigenvalue weighted by Gasteiger charge is 2.05. The van der Waals surface area contributed by atoms with Crippen LogP contribution in [0.4, 0.5) is 4.39 Å². The summed E-state index contributed by atoms with van der Waals surface area (Å²) >= 11 is 0. The summed E-state index contributed by atoms with van der Waals surface area (Å²) in [6.07, 6.45) is 5.01. The summed E-state index contributed by atoms with van der Waals surface area (Å²) in [6.45, 7) is 2.61. The number of nitrogens with zero attached hydrogens (tertiary/aromatic N) is 2. The van der Waals surface area contributed by atoms with E-state index in [4.69, 9.17) is 0 Å². The fourth-order valence-corrected chi connectivity index (χ4v) is 1.57. The molecule has 0 amide bonds. The number of aromatic nitrogens is 2. The summed E-state index contributed by atoms with van der Waals surface area (Å²) in [6, 6.07) is 6.67. The van der Waals surface area contributed by atoms with Crippen molar-refractivity contribution in [1.82, 2.24) is 15.3 Å². The monoisotopic (exact) mass is 231 g/mol. The van der Waals surface area contributed by atoms with Crippen LogP contribution in [0.25, 0.3) is 0 Å². The standard InChI is InChI=1S/C13H14FN3/c1-10(11-3-2-4-12(14)7-11)17-9-13-8-15-5-6-16-13/h2-8,10,17H,9H2,1H3/t10-/m1/s1. The summed E-state index contributed by atoms with van der Waals surface area (Å²) in [7, 11) is 0. The molecule has 0 saturated carbocycles. The molecule has 2 aromatic rings. The van der Waals surface area contributed by atoms with E-state index in [0.717, 1.165) is 11.3 Å². The first-order chi connectivity index (χ1) is 8.25. The molecule has 17 heavy (non-hydrogen) atoms. The molecule has 1 aromatic heterocycles. The molecule has 0 bridgehead atoms. The van der Waals surface area contributed by atoms with Crippen molar-refractivity contribution in [3.05, 3.63) is 59.9 Å². The van der Waals surface area contributed by atoms with Crippen molar-refractivity contribution >= 4 is 0 Å². The third kappa shape index (κ3) is 3.32. The first-order valence-corrected chi connectivity index (χ1v) is 5.49. The molecule has 1 heterocycles. The van der Waals surface area contributed by atoms with Crippen molar-refractivity contribution in [2.45, 2.75) is 19.5 Å². The number of halogens is 1. The van der Waals surface area contributed by atoms with Gasteiger partial charge in [-0.15, -0.1) is 0 Å². The van der Waals surface area contributed by atoms with Gasteiger partial charge in [0.2, 0.25) is 0 Å². The largest absolute Gasteiger partial charge is 0.305 e. The lowest BCUT2D eigenvalue weighted by Gasteiger charge is -2.13. The van der Waals surface area contributed by atoms with Crippen molar-refractivity contribution < 1.29 is 4.39 Å². The first-order valence-electron chi connectivity index (χ1n) is 5.49. The Balaban J connectivity index is 1.96. The van der Waals surface area contributed by atoms with Crippen LogP contribution in [0.2, 0.25) is 0 Å². The van der Waals surface area contributed by atoms with Crippen molar-refractivity contribution in [1.29, 1.82) is 0 Å². The molecule has 88 valence electrons. The Morgan fingerprint density at radius 1 is 1.35 bits per heavy atom. The van der Waals surface area contributed by atoms with E-state index in [1.54, 1.807) is 24.7 Å². The Morgan fingerprint density at radius 2 is 2.24 bits per heavy atom. The molecule has 0 radical (unpaired) electrons. The summed E-state index contributed by atoms with van der Waals surface area (Å²) in [5.74, 6) is -0.212. The molecule has 1 aromatic carbocycles. The maximum absolute atomic E-state index is 13.0. The van der Waals surface area contributed by atoms with E-state index in [2.05, 4.69) is 15.3 Å². The average Bonchev–Trinajstić information content (AvgIpc) is 2.37. The molecule has 2 rings (SSSR count). The van der Waals surface area contributed by atoms with Crippen LogP contribution in [0.15, 0.2) is 42.9 Å². The normalized spacial score (nSPS) is 12.4. The zero-order valence-corrected chi connectivity index (χ0v) is 9.60. The second-order valence-corrected chi connectivity index (χ2v) is 3.85. The molecular weight excluding hydrogens is 217 g/mol. The Kier molecular flexibility index (Phi) is 3.77. The van der Waals surface area contributed by atoms with Crippen LogP contribution in [0.5, 0.6) is 0 Å². The van der Waals surface area contributed by atoms with Crippen LogP contribution in [0, 0.1) is 5.82 Å². The molecule has 1 N–H and O–H groups in total. The number of hydrogen-bond donors (Lipinski definition) is 1. The van der Waals surface area contributed by atoms with E-state index in [0.29, 0.717) is 6.54 Å². The maximum Gasteiger partial charge on any atom is 0.123 e. The highest BCUT2D eigenvalue weighted by molar-refractivity contribution is 5.19. The van der Waals surface area contributed by atoms with Crippen molar-refractivity contribution in [3.63, 3.8) is 0 Å². The molecule has 1 atom stereocenters. The zero-order chi connectivity index (χ0) is 12.1. The van der Waals surface area contributed by atoms with E-state index in [1.807, 2.05) is 13.0 Å². The first kappa shape index (κ1) is 11.7. The zero-order valence-electron chi connectivity index (χ0n) is 9.60. The molecule has 0 saturated heterocycles. The van der Waals surface area contributed by atoms with Gasteiger partial charge < -0.3 is 5.32 Å². The topological polar surface area (TPSA) is 37.8 Å². The van der Waals surface area contributed by atoms with Crippen LogP contribution in [-0.2, 0) is 6.54 Å². The van der Waals surface area contributed by atoms with E-state index in [1.165, 1.54) is 12.1 Å². The fraction of sp³-hybridized carbons (Fsp3) is 0.231. The molecule has 0 aliphatic rings. The minimum atomic E-state index is -0.212. The highest BCUT2D eigenvalue weighted by atomic mass is 19.1. The average molecular weight is 231 g/mol. The van der Waals surface area contributed by atoms with E-state index in [-0.39, 0.29) is 11.9 Å². The van der Waals surface area contributed by atoms with Gasteiger partial charge in [0.15, 0.2) is 0 Å². The summed E-state index contributed by atoms with van der Waals surface area (Å²) in [4.78, 5) is 8.15. The molecule has 3 nitrogen and oxygen atoms in total. The maximum atomic E-state index is 13.0. The van der Waals surface area contributed by atoms with Gasteiger partial charge in [-0.05, 0) is 24.6 Å². The van der Waals surface area contributed by atoms with Gasteiger partial charge in [-0.2, -0.15) is 0 Å². The third-order valence-corrected chi connectivity index (χ3v) is 2.55. The third-order valence-electron chi connectivity index (χ3n) is 2.55. The second kappa shape index (κ2) is 5.50. The lowest BCUT2D eigenvalue weighted by atomic mass is 10.1. The fourth-order valence-electron chi connectivity index (χ4n) is 1.57. The molecule has 4 heteroatoms. The number of hydrogen-bond acceptors (Lipinski definition) is 3. The quantitative estimate of drug-likeness (QED) is 0.878. The SMILES string of the molecule is C[C@@H](NCc1cnccn1)c1cccc(F)c1. The molecule has 0 spiro atoms. The van der Waals surface area contributed by atoms with Gasteiger partial charge in [0.05, 0.1) is 5.69 Å². The van der Waals surface area contributed by atoms with Crippen LogP contribution < -0.4 is 5.32 Å². The summed E-state index contributed by atoms with van der Waals surface area (Å²) < 4.78 is 13.0. The van der Waals surface area contributed by atoms with Crippen LogP contribution >= 0.6 is 0 Å². The number of benzene rings is 1. The predicted octanol–water partition coefficient (Wildman–Crippen LogP) is 2.47. The van der Waals surface area contributed by atoms with Gasteiger partial charge in [0.1, 0.15) is 5.82 Å². The smallest absolute Gasteiger partial charge is 0.123 e. The van der Waals surface area contributed by atoms with Gasteiger partial charge in [0, 0.05) is 31.2 Å². The van der Waals surface area contributed by atoms with Gasteiger partial charge in [-0.25, -0.2) is 4.39 Å². The Morgan fingerprint density at radius 3 is 2.94 bits per heavy atom. The number of rotatable bonds is 4. The number of nitrogens with one attached hydrogen (secondary N) is 1. The molecule has 0 unspecified atom stereocenters. The molecule has 0 aliphatic heterocycles. The van der Waals surface area contributed by atoms with Gasteiger partial charge in [0.25, 0.3) is 0 Å². The van der Waals surface area contributed by atoms with Gasteiger partial charge in [-0.1, -0.05) is 12.1 Å². The van der Waals surface area contributed by atoms with Crippen LogP contribution in [0.1, 0.15) is 24.2 Å². The molecular formula is C13H14FN3. The van der Waals surface area contributed by atoms with Crippen molar-refractivity contribution in [2.75, 3.05) is 0 Å². The second-order valence-electron chi connectivity index (χ2n) is 3.85. The van der Waals surface area contributed by atoms with E-state index < -0.39 is 0 Å². The molecule has 0 fully saturated rings. The Bertz CT molecular complexity index is 473. The highest BCUT2D eigenvalue weighted by Crippen LogP contribution is 2.13. The van der Waals surface area contributed by atoms with Crippen LogP contribution in [-0.4, -0.2) is 9.97 Å². The van der Waals surface area contributed by atoms with E-state index in [9.17, 15) is 4.39 Å². The summed E-state index contributed by atoms with van der Waals surface area (Å²) in [5.41, 5.74) is 1.80. The van der Waals surface area contributed by atoms with Crippen molar-refractivity contribution in [2.24, 2.45) is 0 Å².